The summed E-state index contributed by atoms with van der Waals surface area (Å²) < 4.78 is 0. The Morgan fingerprint density at radius 1 is 1.00 bits per heavy atom. The van der Waals surface area contributed by atoms with Crippen LogP contribution in [0.4, 0.5) is 0 Å². The molecular formula is C18H30N2O4. The predicted octanol–water partition coefficient (Wildman–Crippen LogP) is 0.950. The molecule has 136 valence electrons. The summed E-state index contributed by atoms with van der Waals surface area (Å²) in [6, 6.07) is 0.134. The summed E-state index contributed by atoms with van der Waals surface area (Å²) in [6.45, 7) is 0.672. The molecule has 0 aromatic carbocycles. The Balaban J connectivity index is 1.40. The maximum Gasteiger partial charge on any atom is 0.254 e. The Labute approximate surface area is 143 Å². The Kier molecular flexibility index (Phi) is 4.89. The van der Waals surface area contributed by atoms with Gasteiger partial charge >= 0.3 is 0 Å². The molecule has 0 spiro atoms. The van der Waals surface area contributed by atoms with Gasteiger partial charge in [0.05, 0.1) is 0 Å². The second kappa shape index (κ2) is 6.64. The topological polar surface area (TPSA) is 89.9 Å². The van der Waals surface area contributed by atoms with Gasteiger partial charge in [0.25, 0.3) is 11.8 Å². The van der Waals surface area contributed by atoms with Crippen LogP contribution in [0.15, 0.2) is 0 Å². The average Bonchev–Trinajstić information content (AvgIpc) is 2.51. The second-order valence-electron chi connectivity index (χ2n) is 8.15. The molecule has 0 aliphatic heterocycles. The zero-order chi connectivity index (χ0) is 17.4. The number of carbonyl (C=O) groups is 2. The van der Waals surface area contributed by atoms with Crippen LogP contribution in [0, 0.1) is 5.92 Å². The Hall–Kier alpha value is -1.14. The fourth-order valence-electron chi connectivity index (χ4n) is 4.10. The number of nitrogens with zero attached hydrogens (tertiary/aromatic N) is 1. The average molecular weight is 338 g/mol. The van der Waals surface area contributed by atoms with Crippen molar-refractivity contribution in [2.24, 2.45) is 5.92 Å². The molecule has 6 nitrogen and oxygen atoms in total. The third-order valence-corrected chi connectivity index (χ3v) is 6.24. The van der Waals surface area contributed by atoms with E-state index in [-0.39, 0.29) is 17.9 Å². The number of hydrogen-bond donors (Lipinski definition) is 3. The molecule has 6 heteroatoms. The van der Waals surface area contributed by atoms with E-state index >= 15 is 0 Å². The van der Waals surface area contributed by atoms with E-state index in [4.69, 9.17) is 0 Å². The molecule has 0 atom stereocenters. The van der Waals surface area contributed by atoms with Crippen LogP contribution in [0.3, 0.4) is 0 Å². The van der Waals surface area contributed by atoms with Crippen molar-refractivity contribution in [2.75, 3.05) is 13.6 Å². The lowest BCUT2D eigenvalue weighted by Gasteiger charge is -2.40. The summed E-state index contributed by atoms with van der Waals surface area (Å²) in [6.07, 6.45) is 7.84. The van der Waals surface area contributed by atoms with Crippen molar-refractivity contribution >= 4 is 11.8 Å². The van der Waals surface area contributed by atoms with Crippen LogP contribution < -0.4 is 5.32 Å². The first-order chi connectivity index (χ1) is 11.3. The highest BCUT2D eigenvalue weighted by molar-refractivity contribution is 5.86. The predicted molar refractivity (Wildman–Crippen MR) is 89.1 cm³/mol. The van der Waals surface area contributed by atoms with Crippen LogP contribution in [0.2, 0.25) is 0 Å². The van der Waals surface area contributed by atoms with E-state index < -0.39 is 11.2 Å². The first-order valence-electron chi connectivity index (χ1n) is 9.34. The van der Waals surface area contributed by atoms with Gasteiger partial charge in [0.15, 0.2) is 0 Å². The van der Waals surface area contributed by atoms with E-state index in [1.165, 1.54) is 0 Å². The van der Waals surface area contributed by atoms with Crippen LogP contribution in [0.25, 0.3) is 0 Å². The van der Waals surface area contributed by atoms with Crippen molar-refractivity contribution in [2.45, 2.75) is 81.5 Å². The van der Waals surface area contributed by atoms with E-state index in [2.05, 4.69) is 5.32 Å². The maximum atomic E-state index is 12.3. The van der Waals surface area contributed by atoms with Gasteiger partial charge in [-0.05, 0) is 70.1 Å². The van der Waals surface area contributed by atoms with E-state index in [0.717, 1.165) is 38.5 Å². The zero-order valence-electron chi connectivity index (χ0n) is 14.6. The SMILES string of the molecule is CN(CC1CCC(NC(=O)C2(O)CCC2)CC1)C(=O)C1(O)CCC1. The van der Waals surface area contributed by atoms with Gasteiger partial charge in [0.2, 0.25) is 0 Å². The summed E-state index contributed by atoms with van der Waals surface area (Å²) >= 11 is 0. The molecule has 0 aromatic rings. The Morgan fingerprint density at radius 3 is 2.00 bits per heavy atom. The molecule has 3 aliphatic rings. The lowest BCUT2D eigenvalue weighted by molar-refractivity contribution is -0.159. The van der Waals surface area contributed by atoms with Crippen LogP contribution >= 0.6 is 0 Å². The summed E-state index contributed by atoms with van der Waals surface area (Å²) in [4.78, 5) is 26.0. The lowest BCUT2D eigenvalue weighted by Crippen LogP contribution is -2.55. The number of rotatable bonds is 5. The molecule has 0 heterocycles. The quantitative estimate of drug-likeness (QED) is 0.696. The number of nitrogens with one attached hydrogen (secondary N) is 1. The molecule has 0 unspecified atom stereocenters. The van der Waals surface area contributed by atoms with Crippen LogP contribution in [-0.4, -0.2) is 57.8 Å². The van der Waals surface area contributed by atoms with Gasteiger partial charge in [0.1, 0.15) is 11.2 Å². The van der Waals surface area contributed by atoms with Gasteiger partial charge < -0.3 is 20.4 Å². The van der Waals surface area contributed by atoms with Gasteiger partial charge in [-0.25, -0.2) is 0 Å². The van der Waals surface area contributed by atoms with Crippen LogP contribution in [0.1, 0.15) is 64.2 Å². The standard InChI is InChI=1S/C18H30N2O4/c1-20(16(22)18(24)10-3-11-18)12-13-4-6-14(7-5-13)19-15(21)17(23)8-2-9-17/h13-14,23-24H,2-12H2,1H3,(H,19,21). The number of likely N-dealkylation sites (N-methyl/N-ethyl adjacent to an activating group) is 1. The van der Waals surface area contributed by atoms with Gasteiger partial charge in [0, 0.05) is 19.6 Å². The molecule has 3 fully saturated rings. The minimum absolute atomic E-state index is 0.134. The first-order valence-corrected chi connectivity index (χ1v) is 9.34. The maximum absolute atomic E-state index is 12.3. The molecule has 0 saturated heterocycles. The normalized spacial score (nSPS) is 30.6. The third kappa shape index (κ3) is 3.45. The van der Waals surface area contributed by atoms with Crippen molar-refractivity contribution in [1.82, 2.24) is 10.2 Å². The fourth-order valence-corrected chi connectivity index (χ4v) is 4.10. The highest BCUT2D eigenvalue weighted by Gasteiger charge is 2.44. The summed E-state index contributed by atoms with van der Waals surface area (Å²) in [7, 11) is 1.78. The molecule has 0 radical (unpaired) electrons. The molecule has 24 heavy (non-hydrogen) atoms. The summed E-state index contributed by atoms with van der Waals surface area (Å²) in [5.74, 6) is 0.0654. The minimum atomic E-state index is -1.12. The van der Waals surface area contributed by atoms with Crippen LogP contribution in [0.5, 0.6) is 0 Å². The Morgan fingerprint density at radius 2 is 1.54 bits per heavy atom. The molecule has 0 aromatic heterocycles. The summed E-state index contributed by atoms with van der Waals surface area (Å²) in [5.41, 5.74) is -2.24. The number of aliphatic hydroxyl groups is 2. The van der Waals surface area contributed by atoms with E-state index in [1.54, 1.807) is 11.9 Å². The van der Waals surface area contributed by atoms with Gasteiger partial charge in [-0.1, -0.05) is 0 Å². The van der Waals surface area contributed by atoms with Crippen molar-refractivity contribution in [3.63, 3.8) is 0 Å². The third-order valence-electron chi connectivity index (χ3n) is 6.24. The van der Waals surface area contributed by atoms with Gasteiger partial charge in [-0.2, -0.15) is 0 Å². The molecule has 3 aliphatic carbocycles. The first kappa shape index (κ1) is 17.7. The molecular weight excluding hydrogens is 308 g/mol. The number of hydrogen-bond acceptors (Lipinski definition) is 4. The van der Waals surface area contributed by atoms with Gasteiger partial charge in [-0.15, -0.1) is 0 Å². The Bertz CT molecular complexity index is 491. The van der Waals surface area contributed by atoms with Crippen LogP contribution in [-0.2, 0) is 9.59 Å². The smallest absolute Gasteiger partial charge is 0.254 e. The molecule has 3 rings (SSSR count). The van der Waals surface area contributed by atoms with E-state index in [1.807, 2.05) is 0 Å². The number of carbonyl (C=O) groups excluding carboxylic acids is 2. The molecule has 0 bridgehead atoms. The monoisotopic (exact) mass is 338 g/mol. The molecule has 3 saturated carbocycles. The highest BCUT2D eigenvalue weighted by Crippen LogP contribution is 2.35. The molecule has 3 N–H and O–H groups in total. The molecule has 2 amide bonds. The van der Waals surface area contributed by atoms with E-state index in [0.29, 0.717) is 38.1 Å². The van der Waals surface area contributed by atoms with Crippen molar-refractivity contribution in [1.29, 1.82) is 0 Å². The van der Waals surface area contributed by atoms with Gasteiger partial charge in [-0.3, -0.25) is 9.59 Å². The zero-order valence-corrected chi connectivity index (χ0v) is 14.6. The highest BCUT2D eigenvalue weighted by atomic mass is 16.3. The summed E-state index contributed by atoms with van der Waals surface area (Å²) in [5, 5.41) is 23.2. The second-order valence-corrected chi connectivity index (χ2v) is 8.15. The van der Waals surface area contributed by atoms with Crippen molar-refractivity contribution in [3.05, 3.63) is 0 Å². The lowest BCUT2D eigenvalue weighted by atomic mass is 9.78. The largest absolute Gasteiger partial charge is 0.380 e. The minimum Gasteiger partial charge on any atom is -0.380 e. The number of amides is 2. The fraction of sp³-hybridized carbons (Fsp3) is 0.889. The van der Waals surface area contributed by atoms with E-state index in [9.17, 15) is 19.8 Å². The van der Waals surface area contributed by atoms with Crippen molar-refractivity contribution in [3.8, 4) is 0 Å². The van der Waals surface area contributed by atoms with Crippen molar-refractivity contribution < 1.29 is 19.8 Å².